The van der Waals surface area contributed by atoms with Crippen molar-refractivity contribution < 1.29 is 49.4 Å². The van der Waals surface area contributed by atoms with Crippen LogP contribution in [0.3, 0.4) is 0 Å². The first-order valence-corrected chi connectivity index (χ1v) is 11.8. The fraction of sp³-hybridized carbons (Fsp3) is 0.407. The van der Waals surface area contributed by atoms with E-state index in [0.29, 0.717) is 19.5 Å². The van der Waals surface area contributed by atoms with Gasteiger partial charge in [0, 0.05) is 25.7 Å². The highest BCUT2D eigenvalue weighted by molar-refractivity contribution is 5.81. The number of rotatable bonds is 8. The molecule has 1 aromatic heterocycles. The van der Waals surface area contributed by atoms with E-state index in [4.69, 9.17) is 4.74 Å². The Hall–Kier alpha value is -2.65. The largest absolute Gasteiger partial charge is 1.00 e. The molecule has 1 fully saturated rings. The van der Waals surface area contributed by atoms with Crippen LogP contribution in [0.15, 0.2) is 67.0 Å². The van der Waals surface area contributed by atoms with Crippen LogP contribution in [0, 0.1) is 18.7 Å². The van der Waals surface area contributed by atoms with Crippen molar-refractivity contribution in [3.8, 4) is 0 Å². The number of carbonyl (C=O) groups is 1. The average molecular weight is 567 g/mol. The summed E-state index contributed by atoms with van der Waals surface area (Å²) in [4.78, 5) is 13.2. The van der Waals surface area contributed by atoms with Gasteiger partial charge in [0.05, 0.1) is 0 Å². The van der Waals surface area contributed by atoms with Crippen molar-refractivity contribution in [3.05, 3.63) is 89.8 Å². The zero-order chi connectivity index (χ0) is 25.1. The minimum Gasteiger partial charge on any atom is -1.00 e. The molecule has 0 spiro atoms. The van der Waals surface area contributed by atoms with Crippen molar-refractivity contribution in [1.29, 1.82) is 0 Å². The summed E-state index contributed by atoms with van der Waals surface area (Å²) in [5.74, 6) is -4.16. The minimum absolute atomic E-state index is 0. The predicted octanol–water partition coefficient (Wildman–Crippen LogP) is 1.53. The first-order valence-electron chi connectivity index (χ1n) is 11.8. The number of esters is 1. The fourth-order valence-electron chi connectivity index (χ4n) is 4.82. The van der Waals surface area contributed by atoms with E-state index in [1.807, 2.05) is 28.5 Å². The molecule has 1 aliphatic rings. The normalized spacial score (nSPS) is 18.6. The van der Waals surface area contributed by atoms with Crippen LogP contribution < -0.4 is 21.5 Å². The molecular weight excluding hydrogens is 537 g/mol. The molecule has 2 atom stereocenters. The molecule has 194 valence electrons. The number of aliphatic hydroxyl groups is 1. The highest BCUT2D eigenvalue weighted by atomic mass is 79.9. The lowest BCUT2D eigenvalue weighted by molar-refractivity contribution is -0.694. The Labute approximate surface area is 219 Å². The highest BCUT2D eigenvalue weighted by Crippen LogP contribution is 2.45. The van der Waals surface area contributed by atoms with E-state index >= 15 is 0 Å². The van der Waals surface area contributed by atoms with E-state index in [0.717, 1.165) is 11.4 Å². The van der Waals surface area contributed by atoms with Crippen LogP contribution in [0.1, 0.15) is 42.6 Å². The molecule has 0 aliphatic heterocycles. The lowest BCUT2D eigenvalue weighted by Gasteiger charge is -2.39. The number of hydrogen-bond acceptors (Lipinski definition) is 3. The Bertz CT molecular complexity index is 1150. The highest BCUT2D eigenvalue weighted by Gasteiger charge is 2.52. The summed E-state index contributed by atoms with van der Waals surface area (Å²) in [6.07, 6.45) is 3.47. The number of carbonyl (C=O) groups excluding carboxylic acids is 1. The van der Waals surface area contributed by atoms with Crippen LogP contribution >= 0.6 is 0 Å². The van der Waals surface area contributed by atoms with Crippen LogP contribution in [0.5, 0.6) is 0 Å². The summed E-state index contributed by atoms with van der Waals surface area (Å²) in [7, 11) is 0. The molecule has 36 heavy (non-hydrogen) atoms. The lowest BCUT2D eigenvalue weighted by atomic mass is 9.72. The zero-order valence-electron chi connectivity index (χ0n) is 20.0. The number of nitrogens with zero attached hydrogens (tertiary/aromatic N) is 2. The molecule has 0 unspecified atom stereocenters. The van der Waals surface area contributed by atoms with Gasteiger partial charge in [0.2, 0.25) is 5.92 Å². The Kier molecular flexibility index (Phi) is 9.00. The summed E-state index contributed by atoms with van der Waals surface area (Å²) < 4.78 is 50.9. The number of benzene rings is 2. The van der Waals surface area contributed by atoms with E-state index in [1.165, 1.54) is 12.1 Å². The molecule has 3 aromatic rings. The van der Waals surface area contributed by atoms with Gasteiger partial charge in [0.25, 0.3) is 5.82 Å². The SMILES string of the molecule is Cc1n(CCOC(=O)[C@](O)(c2ccccc2)[C@@H]2CCCC(F)(F)C2)cc[n+]1Cc1ccc(F)cc1.[Br-]. The van der Waals surface area contributed by atoms with E-state index in [-0.39, 0.29) is 47.8 Å². The van der Waals surface area contributed by atoms with Gasteiger partial charge >= 0.3 is 5.97 Å². The molecule has 1 aliphatic carbocycles. The van der Waals surface area contributed by atoms with E-state index in [1.54, 1.807) is 42.5 Å². The maximum absolute atomic E-state index is 14.2. The first kappa shape index (κ1) is 27.9. The van der Waals surface area contributed by atoms with Crippen molar-refractivity contribution in [1.82, 2.24) is 4.57 Å². The van der Waals surface area contributed by atoms with Crippen molar-refractivity contribution in [2.45, 2.75) is 57.2 Å². The van der Waals surface area contributed by atoms with Gasteiger partial charge in [-0.2, -0.15) is 0 Å². The number of hydrogen-bond donors (Lipinski definition) is 1. The van der Waals surface area contributed by atoms with Crippen molar-refractivity contribution >= 4 is 5.97 Å². The number of imidazole rings is 1. The van der Waals surface area contributed by atoms with Gasteiger partial charge in [-0.05, 0) is 36.1 Å². The van der Waals surface area contributed by atoms with Gasteiger partial charge in [-0.15, -0.1) is 0 Å². The zero-order valence-corrected chi connectivity index (χ0v) is 21.6. The fourth-order valence-corrected chi connectivity index (χ4v) is 4.82. The molecule has 1 heterocycles. The molecule has 4 rings (SSSR count). The first-order chi connectivity index (χ1) is 16.7. The van der Waals surface area contributed by atoms with Crippen molar-refractivity contribution in [3.63, 3.8) is 0 Å². The van der Waals surface area contributed by atoms with Gasteiger partial charge in [0.15, 0.2) is 5.60 Å². The molecule has 0 radical (unpaired) electrons. The van der Waals surface area contributed by atoms with Crippen LogP contribution in [-0.2, 0) is 28.2 Å². The third-order valence-electron chi connectivity index (χ3n) is 6.85. The molecule has 0 saturated heterocycles. The third-order valence-corrected chi connectivity index (χ3v) is 6.85. The number of aromatic nitrogens is 2. The predicted molar refractivity (Wildman–Crippen MR) is 123 cm³/mol. The molecular formula is C27H30BrF3N2O3. The van der Waals surface area contributed by atoms with E-state index in [2.05, 4.69) is 0 Å². The summed E-state index contributed by atoms with van der Waals surface area (Å²) >= 11 is 0. The lowest BCUT2D eigenvalue weighted by Crippen LogP contribution is -3.00. The quantitative estimate of drug-likeness (QED) is 0.332. The Balaban J connectivity index is 0.00000361. The Morgan fingerprint density at radius 1 is 1.19 bits per heavy atom. The molecule has 0 amide bonds. The molecule has 1 saturated carbocycles. The van der Waals surface area contributed by atoms with Crippen LogP contribution in [0.25, 0.3) is 0 Å². The Morgan fingerprint density at radius 2 is 1.89 bits per heavy atom. The summed E-state index contributed by atoms with van der Waals surface area (Å²) in [6, 6.07) is 14.5. The van der Waals surface area contributed by atoms with Crippen LogP contribution in [0.2, 0.25) is 0 Å². The summed E-state index contributed by atoms with van der Waals surface area (Å²) in [5, 5.41) is 11.5. The number of ether oxygens (including phenoxy) is 1. The molecule has 9 heteroatoms. The van der Waals surface area contributed by atoms with Gasteiger partial charge in [-0.1, -0.05) is 42.5 Å². The topological polar surface area (TPSA) is 55.3 Å². The average Bonchev–Trinajstić information content (AvgIpc) is 3.18. The van der Waals surface area contributed by atoms with Crippen LogP contribution in [0.4, 0.5) is 13.2 Å². The minimum atomic E-state index is -2.92. The van der Waals surface area contributed by atoms with Gasteiger partial charge in [-0.25, -0.2) is 27.1 Å². The number of halogens is 4. The Morgan fingerprint density at radius 3 is 2.56 bits per heavy atom. The van der Waals surface area contributed by atoms with Gasteiger partial charge < -0.3 is 26.8 Å². The third kappa shape index (κ3) is 6.18. The summed E-state index contributed by atoms with van der Waals surface area (Å²) in [6.45, 7) is 2.78. The standard InChI is InChI=1S/C27H30F3N2O3.BrH/c1-20-31(14-15-32(20)19-21-9-11-24(28)12-10-21)16-17-35-25(33)27(34,22-6-3-2-4-7-22)23-8-5-13-26(29,30)18-23;/h2-4,6-7,9-12,14-15,23,34H,5,8,13,16-19H2,1H3;1H/q+1;/p-1/t23-,27+;/m1./s1. The number of alkyl halides is 2. The molecule has 0 bridgehead atoms. The molecule has 2 aromatic carbocycles. The molecule has 1 N–H and O–H groups in total. The van der Waals surface area contributed by atoms with E-state index < -0.39 is 29.8 Å². The van der Waals surface area contributed by atoms with Crippen molar-refractivity contribution in [2.24, 2.45) is 5.92 Å². The second kappa shape index (κ2) is 11.6. The maximum Gasteiger partial charge on any atom is 0.343 e. The maximum atomic E-state index is 14.2. The smallest absolute Gasteiger partial charge is 0.343 e. The second-order valence-electron chi connectivity index (χ2n) is 9.21. The molecule has 5 nitrogen and oxygen atoms in total. The second-order valence-corrected chi connectivity index (χ2v) is 9.21. The summed E-state index contributed by atoms with van der Waals surface area (Å²) in [5.41, 5.74) is -0.929. The monoisotopic (exact) mass is 566 g/mol. The van der Waals surface area contributed by atoms with Gasteiger partial charge in [0.1, 0.15) is 37.9 Å². The van der Waals surface area contributed by atoms with Gasteiger partial charge in [-0.3, -0.25) is 0 Å². The van der Waals surface area contributed by atoms with Crippen molar-refractivity contribution in [2.75, 3.05) is 6.61 Å². The van der Waals surface area contributed by atoms with Crippen LogP contribution in [-0.4, -0.2) is 28.2 Å². The van der Waals surface area contributed by atoms with E-state index in [9.17, 15) is 23.1 Å².